The van der Waals surface area contributed by atoms with Crippen LogP contribution in [0.5, 0.6) is 5.88 Å². The van der Waals surface area contributed by atoms with E-state index in [4.69, 9.17) is 10.6 Å². The number of nitrogens with one attached hydrogen (secondary N) is 1. The Morgan fingerprint density at radius 2 is 2.38 bits per heavy atom. The second kappa shape index (κ2) is 4.74. The number of methoxy groups -OCH3 is 1. The van der Waals surface area contributed by atoms with Gasteiger partial charge in [0, 0.05) is 6.07 Å². The molecule has 0 saturated heterocycles. The summed E-state index contributed by atoms with van der Waals surface area (Å²) in [6.07, 6.45) is 2.34. The van der Waals surface area contributed by atoms with Crippen molar-refractivity contribution in [1.29, 1.82) is 0 Å². The van der Waals surface area contributed by atoms with Crippen LogP contribution in [0.15, 0.2) is 12.4 Å². The zero-order valence-electron chi connectivity index (χ0n) is 7.82. The number of hydrazine groups is 1. The molecule has 5 nitrogen and oxygen atoms in total. The second-order valence-electron chi connectivity index (χ2n) is 2.61. The number of rotatable bonds is 4. The van der Waals surface area contributed by atoms with Crippen LogP contribution in [0.4, 0.5) is 0 Å². The Kier molecular flexibility index (Phi) is 3.60. The minimum absolute atomic E-state index is 0.0527. The molecule has 5 heteroatoms. The van der Waals surface area contributed by atoms with E-state index in [0.717, 1.165) is 12.1 Å². The molecule has 1 aromatic heterocycles. The van der Waals surface area contributed by atoms with Crippen molar-refractivity contribution in [2.45, 2.75) is 19.4 Å². The molecule has 0 saturated carbocycles. The van der Waals surface area contributed by atoms with Crippen LogP contribution < -0.4 is 16.0 Å². The van der Waals surface area contributed by atoms with E-state index in [1.165, 1.54) is 6.33 Å². The highest BCUT2D eigenvalue weighted by molar-refractivity contribution is 5.16. The van der Waals surface area contributed by atoms with Crippen molar-refractivity contribution in [1.82, 2.24) is 15.4 Å². The van der Waals surface area contributed by atoms with Crippen molar-refractivity contribution < 1.29 is 4.74 Å². The SMILES string of the molecule is CCC(NN)c1cc(OC)ncn1. The van der Waals surface area contributed by atoms with Crippen LogP contribution in [0.25, 0.3) is 0 Å². The predicted molar refractivity (Wildman–Crippen MR) is 48.9 cm³/mol. The molecule has 13 heavy (non-hydrogen) atoms. The van der Waals surface area contributed by atoms with Gasteiger partial charge in [-0.1, -0.05) is 6.92 Å². The number of nitrogens with zero attached hydrogens (tertiary/aromatic N) is 2. The standard InChI is InChI=1S/C8H14N4O/c1-3-6(12-9)7-4-8(13-2)11-5-10-7/h4-6,12H,3,9H2,1-2H3. The molecular formula is C8H14N4O. The highest BCUT2D eigenvalue weighted by atomic mass is 16.5. The van der Waals surface area contributed by atoms with Crippen LogP contribution in [0, 0.1) is 0 Å². The van der Waals surface area contributed by atoms with Gasteiger partial charge in [0.05, 0.1) is 18.8 Å². The summed E-state index contributed by atoms with van der Waals surface area (Å²) in [6, 6.07) is 1.82. The first-order valence-corrected chi connectivity index (χ1v) is 4.13. The summed E-state index contributed by atoms with van der Waals surface area (Å²) in [5.74, 6) is 5.91. The van der Waals surface area contributed by atoms with E-state index in [0.29, 0.717) is 5.88 Å². The van der Waals surface area contributed by atoms with Gasteiger partial charge in [0.15, 0.2) is 0 Å². The van der Waals surface area contributed by atoms with Gasteiger partial charge in [0.25, 0.3) is 0 Å². The third kappa shape index (κ3) is 2.37. The van der Waals surface area contributed by atoms with Crippen LogP contribution in [0.2, 0.25) is 0 Å². The molecule has 0 radical (unpaired) electrons. The molecule has 0 spiro atoms. The lowest BCUT2D eigenvalue weighted by molar-refractivity contribution is 0.393. The number of nitrogens with two attached hydrogens (primary N) is 1. The Morgan fingerprint density at radius 3 is 2.92 bits per heavy atom. The fraction of sp³-hybridized carbons (Fsp3) is 0.500. The molecule has 0 aliphatic heterocycles. The summed E-state index contributed by atoms with van der Waals surface area (Å²) >= 11 is 0. The zero-order valence-corrected chi connectivity index (χ0v) is 7.82. The average molecular weight is 182 g/mol. The van der Waals surface area contributed by atoms with Crippen molar-refractivity contribution in [2.75, 3.05) is 7.11 Å². The fourth-order valence-corrected chi connectivity index (χ4v) is 1.07. The van der Waals surface area contributed by atoms with E-state index >= 15 is 0 Å². The molecular weight excluding hydrogens is 168 g/mol. The summed E-state index contributed by atoms with van der Waals surface area (Å²) in [4.78, 5) is 8.00. The fourth-order valence-electron chi connectivity index (χ4n) is 1.07. The smallest absolute Gasteiger partial charge is 0.216 e. The molecule has 1 atom stereocenters. The zero-order chi connectivity index (χ0) is 9.68. The third-order valence-corrected chi connectivity index (χ3v) is 1.84. The van der Waals surface area contributed by atoms with Gasteiger partial charge >= 0.3 is 0 Å². The van der Waals surface area contributed by atoms with Crippen molar-refractivity contribution in [3.8, 4) is 5.88 Å². The van der Waals surface area contributed by atoms with Gasteiger partial charge in [-0.15, -0.1) is 0 Å². The van der Waals surface area contributed by atoms with Gasteiger partial charge in [-0.2, -0.15) is 0 Å². The quantitative estimate of drug-likeness (QED) is 0.521. The summed E-state index contributed by atoms with van der Waals surface area (Å²) in [5, 5.41) is 0. The highest BCUT2D eigenvalue weighted by Gasteiger charge is 2.09. The van der Waals surface area contributed by atoms with Crippen LogP contribution in [0.3, 0.4) is 0 Å². The van der Waals surface area contributed by atoms with E-state index in [2.05, 4.69) is 15.4 Å². The Balaban J connectivity index is 2.86. The highest BCUT2D eigenvalue weighted by Crippen LogP contribution is 2.15. The average Bonchev–Trinajstić information content (AvgIpc) is 2.20. The van der Waals surface area contributed by atoms with Crippen molar-refractivity contribution in [3.63, 3.8) is 0 Å². The Hall–Kier alpha value is -1.20. The lowest BCUT2D eigenvalue weighted by Crippen LogP contribution is -2.28. The molecule has 1 unspecified atom stereocenters. The van der Waals surface area contributed by atoms with Gasteiger partial charge < -0.3 is 4.74 Å². The number of hydrogen-bond acceptors (Lipinski definition) is 5. The topological polar surface area (TPSA) is 73.1 Å². The first kappa shape index (κ1) is 9.88. The maximum atomic E-state index is 5.36. The van der Waals surface area contributed by atoms with Crippen LogP contribution in [-0.4, -0.2) is 17.1 Å². The molecule has 0 aromatic carbocycles. The van der Waals surface area contributed by atoms with E-state index in [-0.39, 0.29) is 6.04 Å². The van der Waals surface area contributed by atoms with E-state index in [1.807, 2.05) is 6.92 Å². The lowest BCUT2D eigenvalue weighted by atomic mass is 10.1. The molecule has 0 aliphatic rings. The largest absolute Gasteiger partial charge is 0.481 e. The second-order valence-corrected chi connectivity index (χ2v) is 2.61. The predicted octanol–water partition coefficient (Wildman–Crippen LogP) is 0.400. The monoisotopic (exact) mass is 182 g/mol. The van der Waals surface area contributed by atoms with Crippen molar-refractivity contribution in [2.24, 2.45) is 5.84 Å². The van der Waals surface area contributed by atoms with Crippen LogP contribution in [0.1, 0.15) is 25.1 Å². The maximum absolute atomic E-state index is 5.36. The number of aromatic nitrogens is 2. The molecule has 72 valence electrons. The minimum atomic E-state index is 0.0527. The number of hydrogen-bond donors (Lipinski definition) is 2. The number of ether oxygens (including phenoxy) is 1. The van der Waals surface area contributed by atoms with Crippen molar-refractivity contribution in [3.05, 3.63) is 18.1 Å². The van der Waals surface area contributed by atoms with E-state index < -0.39 is 0 Å². The minimum Gasteiger partial charge on any atom is -0.481 e. The van der Waals surface area contributed by atoms with E-state index in [9.17, 15) is 0 Å². The lowest BCUT2D eigenvalue weighted by Gasteiger charge is -2.12. The third-order valence-electron chi connectivity index (χ3n) is 1.84. The maximum Gasteiger partial charge on any atom is 0.216 e. The molecule has 0 bridgehead atoms. The Labute approximate surface area is 77.3 Å². The molecule has 0 fully saturated rings. The summed E-state index contributed by atoms with van der Waals surface area (Å²) in [5.41, 5.74) is 3.52. The molecule has 3 N–H and O–H groups in total. The first-order valence-electron chi connectivity index (χ1n) is 4.13. The summed E-state index contributed by atoms with van der Waals surface area (Å²) in [6.45, 7) is 2.03. The summed E-state index contributed by atoms with van der Waals surface area (Å²) in [7, 11) is 1.57. The summed E-state index contributed by atoms with van der Waals surface area (Å²) < 4.78 is 4.97. The van der Waals surface area contributed by atoms with Gasteiger partial charge in [-0.3, -0.25) is 11.3 Å². The molecule has 1 rings (SSSR count). The van der Waals surface area contributed by atoms with E-state index in [1.54, 1.807) is 13.2 Å². The molecule has 0 aliphatic carbocycles. The molecule has 1 heterocycles. The first-order chi connectivity index (χ1) is 6.31. The van der Waals surface area contributed by atoms with Crippen molar-refractivity contribution >= 4 is 0 Å². The van der Waals surface area contributed by atoms with Crippen LogP contribution >= 0.6 is 0 Å². The van der Waals surface area contributed by atoms with Gasteiger partial charge in [-0.25, -0.2) is 9.97 Å². The molecule has 0 amide bonds. The molecule has 1 aromatic rings. The normalized spacial score (nSPS) is 12.5. The Morgan fingerprint density at radius 1 is 1.62 bits per heavy atom. The van der Waals surface area contributed by atoms with Gasteiger partial charge in [-0.05, 0) is 6.42 Å². The van der Waals surface area contributed by atoms with Crippen LogP contribution in [-0.2, 0) is 0 Å². The van der Waals surface area contributed by atoms with Gasteiger partial charge in [0.1, 0.15) is 6.33 Å². The van der Waals surface area contributed by atoms with Gasteiger partial charge in [0.2, 0.25) is 5.88 Å². The Bertz CT molecular complexity index is 262.